The third-order valence-corrected chi connectivity index (χ3v) is 5.61. The molecule has 1 heterocycles. The lowest BCUT2D eigenvalue weighted by atomic mass is 10.1. The number of thioether (sulfide) groups is 1. The SMILES string of the molecule is CN1CCSCC1c1cc(F)ccc1Oc1ccc(Cl)c(Cl)c1. The first-order chi connectivity index (χ1) is 11.0. The van der Waals surface area contributed by atoms with Crippen LogP contribution in [0.5, 0.6) is 11.5 Å². The van der Waals surface area contributed by atoms with Crippen molar-refractivity contribution in [2.45, 2.75) is 6.04 Å². The molecular weight excluding hydrogens is 356 g/mol. The number of hydrogen-bond donors (Lipinski definition) is 0. The quantitative estimate of drug-likeness (QED) is 0.691. The van der Waals surface area contributed by atoms with Gasteiger partial charge in [-0.2, -0.15) is 11.8 Å². The first-order valence-corrected chi connectivity index (χ1v) is 9.16. The molecule has 2 aromatic rings. The van der Waals surface area contributed by atoms with Crippen LogP contribution in [-0.4, -0.2) is 30.0 Å². The summed E-state index contributed by atoms with van der Waals surface area (Å²) in [4.78, 5) is 2.23. The van der Waals surface area contributed by atoms with Gasteiger partial charge in [-0.05, 0) is 37.4 Å². The van der Waals surface area contributed by atoms with Crippen molar-refractivity contribution in [2.75, 3.05) is 25.1 Å². The van der Waals surface area contributed by atoms with Crippen LogP contribution in [0.15, 0.2) is 36.4 Å². The Balaban J connectivity index is 1.93. The summed E-state index contributed by atoms with van der Waals surface area (Å²) in [6.45, 7) is 0.970. The van der Waals surface area contributed by atoms with Gasteiger partial charge in [0.15, 0.2) is 0 Å². The van der Waals surface area contributed by atoms with Gasteiger partial charge < -0.3 is 4.74 Å². The molecule has 1 atom stereocenters. The summed E-state index contributed by atoms with van der Waals surface area (Å²) in [7, 11) is 2.05. The molecule has 0 N–H and O–H groups in total. The minimum absolute atomic E-state index is 0.127. The predicted molar refractivity (Wildman–Crippen MR) is 95.6 cm³/mol. The van der Waals surface area contributed by atoms with E-state index in [1.165, 1.54) is 6.07 Å². The summed E-state index contributed by atoms with van der Waals surface area (Å²) < 4.78 is 19.7. The van der Waals surface area contributed by atoms with Gasteiger partial charge in [-0.3, -0.25) is 4.90 Å². The molecule has 0 aliphatic carbocycles. The summed E-state index contributed by atoms with van der Waals surface area (Å²) in [6, 6.07) is 9.86. The van der Waals surface area contributed by atoms with Crippen molar-refractivity contribution in [3.63, 3.8) is 0 Å². The lowest BCUT2D eigenvalue weighted by Gasteiger charge is -2.33. The topological polar surface area (TPSA) is 12.5 Å². The van der Waals surface area contributed by atoms with Crippen LogP contribution in [0.3, 0.4) is 0 Å². The van der Waals surface area contributed by atoms with Crippen LogP contribution in [0.4, 0.5) is 4.39 Å². The first-order valence-electron chi connectivity index (χ1n) is 7.25. The van der Waals surface area contributed by atoms with Gasteiger partial charge in [-0.1, -0.05) is 23.2 Å². The van der Waals surface area contributed by atoms with Crippen molar-refractivity contribution in [1.29, 1.82) is 0 Å². The highest BCUT2D eigenvalue weighted by molar-refractivity contribution is 7.99. The number of nitrogens with zero attached hydrogens (tertiary/aromatic N) is 1. The molecule has 0 aromatic heterocycles. The molecule has 0 amide bonds. The molecule has 2 nitrogen and oxygen atoms in total. The number of hydrogen-bond acceptors (Lipinski definition) is 3. The second kappa shape index (κ2) is 7.31. The maximum Gasteiger partial charge on any atom is 0.132 e. The zero-order valence-corrected chi connectivity index (χ0v) is 14.9. The van der Waals surface area contributed by atoms with E-state index in [1.807, 2.05) is 11.8 Å². The van der Waals surface area contributed by atoms with Crippen LogP contribution in [0.25, 0.3) is 0 Å². The molecular formula is C17H16Cl2FNOS. The molecule has 1 fully saturated rings. The van der Waals surface area contributed by atoms with Crippen molar-refractivity contribution in [1.82, 2.24) is 4.90 Å². The molecule has 3 rings (SSSR count). The van der Waals surface area contributed by atoms with Crippen molar-refractivity contribution >= 4 is 35.0 Å². The number of benzene rings is 2. The largest absolute Gasteiger partial charge is 0.457 e. The Morgan fingerprint density at radius 3 is 2.74 bits per heavy atom. The minimum Gasteiger partial charge on any atom is -0.457 e. The van der Waals surface area contributed by atoms with Crippen LogP contribution in [0, 0.1) is 5.82 Å². The number of rotatable bonds is 3. The van der Waals surface area contributed by atoms with Crippen molar-refractivity contribution in [3.8, 4) is 11.5 Å². The molecule has 6 heteroatoms. The van der Waals surface area contributed by atoms with E-state index in [9.17, 15) is 4.39 Å². The molecule has 122 valence electrons. The molecule has 1 aliphatic heterocycles. The Morgan fingerprint density at radius 2 is 2.00 bits per heavy atom. The fraction of sp³-hybridized carbons (Fsp3) is 0.294. The van der Waals surface area contributed by atoms with E-state index in [4.69, 9.17) is 27.9 Å². The second-order valence-corrected chi connectivity index (χ2v) is 7.40. The van der Waals surface area contributed by atoms with E-state index in [0.717, 1.165) is 23.6 Å². The zero-order chi connectivity index (χ0) is 16.4. The molecule has 23 heavy (non-hydrogen) atoms. The second-order valence-electron chi connectivity index (χ2n) is 5.43. The van der Waals surface area contributed by atoms with Gasteiger partial charge in [0.1, 0.15) is 17.3 Å². The fourth-order valence-electron chi connectivity index (χ4n) is 2.55. The van der Waals surface area contributed by atoms with E-state index in [0.29, 0.717) is 21.5 Å². The van der Waals surface area contributed by atoms with Crippen molar-refractivity contribution in [3.05, 3.63) is 57.8 Å². The van der Waals surface area contributed by atoms with Gasteiger partial charge in [0.05, 0.1) is 10.0 Å². The molecule has 0 radical (unpaired) electrons. The van der Waals surface area contributed by atoms with E-state index in [1.54, 1.807) is 30.3 Å². The monoisotopic (exact) mass is 371 g/mol. The molecule has 1 aliphatic rings. The summed E-state index contributed by atoms with van der Waals surface area (Å²) in [5.74, 6) is 2.97. The molecule has 0 spiro atoms. The predicted octanol–water partition coefficient (Wildman–Crippen LogP) is 5.64. The van der Waals surface area contributed by atoms with Gasteiger partial charge in [0, 0.05) is 35.7 Å². The smallest absolute Gasteiger partial charge is 0.132 e. The summed E-state index contributed by atoms with van der Waals surface area (Å²) in [6.07, 6.45) is 0. The number of halogens is 3. The molecule has 2 aromatic carbocycles. The molecule has 0 bridgehead atoms. The summed E-state index contributed by atoms with van der Waals surface area (Å²) in [5, 5.41) is 0.903. The maximum absolute atomic E-state index is 13.8. The molecule has 1 saturated heterocycles. The average molecular weight is 372 g/mol. The first kappa shape index (κ1) is 16.9. The zero-order valence-electron chi connectivity index (χ0n) is 12.6. The van der Waals surface area contributed by atoms with Crippen LogP contribution >= 0.6 is 35.0 Å². The normalized spacial score (nSPS) is 18.9. The highest BCUT2D eigenvalue weighted by Gasteiger charge is 2.25. The number of ether oxygens (including phenoxy) is 1. The highest BCUT2D eigenvalue weighted by Crippen LogP contribution is 2.37. The summed E-state index contributed by atoms with van der Waals surface area (Å²) >= 11 is 13.8. The maximum atomic E-state index is 13.8. The lowest BCUT2D eigenvalue weighted by Crippen LogP contribution is -2.32. The van der Waals surface area contributed by atoms with E-state index < -0.39 is 0 Å². The third kappa shape index (κ3) is 3.94. The standard InChI is InChI=1S/C17H16Cl2FNOS/c1-21-6-7-23-10-16(21)13-8-11(20)2-5-17(13)22-12-3-4-14(18)15(19)9-12/h2-5,8-9,16H,6-7,10H2,1H3. The van der Waals surface area contributed by atoms with Gasteiger partial charge in [-0.25, -0.2) is 4.39 Å². The van der Waals surface area contributed by atoms with Gasteiger partial charge in [0.2, 0.25) is 0 Å². The van der Waals surface area contributed by atoms with Crippen LogP contribution < -0.4 is 4.74 Å². The van der Waals surface area contributed by atoms with Crippen LogP contribution in [0.1, 0.15) is 11.6 Å². The average Bonchev–Trinajstić information content (AvgIpc) is 2.53. The Hall–Kier alpha value is -0.940. The lowest BCUT2D eigenvalue weighted by molar-refractivity contribution is 0.269. The van der Waals surface area contributed by atoms with Crippen molar-refractivity contribution in [2.24, 2.45) is 0 Å². The van der Waals surface area contributed by atoms with Crippen LogP contribution in [0.2, 0.25) is 10.0 Å². The Bertz CT molecular complexity index is 713. The van der Waals surface area contributed by atoms with Crippen molar-refractivity contribution < 1.29 is 9.13 Å². The third-order valence-electron chi connectivity index (χ3n) is 3.85. The highest BCUT2D eigenvalue weighted by atomic mass is 35.5. The van der Waals surface area contributed by atoms with E-state index in [-0.39, 0.29) is 11.9 Å². The minimum atomic E-state index is -0.259. The Morgan fingerprint density at radius 1 is 1.17 bits per heavy atom. The molecule has 0 saturated carbocycles. The van der Waals surface area contributed by atoms with Gasteiger partial charge in [-0.15, -0.1) is 0 Å². The van der Waals surface area contributed by atoms with Gasteiger partial charge in [0.25, 0.3) is 0 Å². The van der Waals surface area contributed by atoms with Gasteiger partial charge >= 0.3 is 0 Å². The Labute approximate surface area is 149 Å². The Kier molecular flexibility index (Phi) is 5.37. The fourth-order valence-corrected chi connectivity index (χ4v) is 4.08. The van der Waals surface area contributed by atoms with E-state index in [2.05, 4.69) is 11.9 Å². The van der Waals surface area contributed by atoms with E-state index >= 15 is 0 Å². The molecule has 1 unspecified atom stereocenters. The summed E-state index contributed by atoms with van der Waals surface area (Å²) in [5.41, 5.74) is 0.853. The van der Waals surface area contributed by atoms with Crippen LogP contribution in [-0.2, 0) is 0 Å².